The zero-order chi connectivity index (χ0) is 13.3. The van der Waals surface area contributed by atoms with E-state index in [9.17, 15) is 0 Å². The summed E-state index contributed by atoms with van der Waals surface area (Å²) < 4.78 is 11.2. The van der Waals surface area contributed by atoms with Crippen molar-refractivity contribution < 1.29 is 9.26 Å². The van der Waals surface area contributed by atoms with E-state index in [0.717, 1.165) is 24.7 Å². The maximum absolute atomic E-state index is 5.85. The van der Waals surface area contributed by atoms with Gasteiger partial charge in [0.2, 0.25) is 5.89 Å². The fourth-order valence-corrected chi connectivity index (χ4v) is 2.67. The minimum atomic E-state index is 0.104. The standard InChI is InChI=1S/C13H22N2O2S/c1-8(18-5)12-14-11(15-17-12)9-6-7-16-10(9)13(2,3)4/h8-10H,6-7H2,1-5H3/t8-,9-,10-/m0/s1. The highest BCUT2D eigenvalue weighted by Crippen LogP contribution is 2.40. The van der Waals surface area contributed by atoms with Crippen molar-refractivity contribution in [2.24, 2.45) is 5.41 Å². The van der Waals surface area contributed by atoms with Gasteiger partial charge in [-0.3, -0.25) is 0 Å². The van der Waals surface area contributed by atoms with Crippen LogP contribution in [0.2, 0.25) is 0 Å². The average molecular weight is 270 g/mol. The fourth-order valence-electron chi connectivity index (χ4n) is 2.37. The molecule has 0 bridgehead atoms. The highest BCUT2D eigenvalue weighted by molar-refractivity contribution is 7.98. The van der Waals surface area contributed by atoms with Gasteiger partial charge in [0.05, 0.1) is 17.3 Å². The van der Waals surface area contributed by atoms with E-state index >= 15 is 0 Å². The molecule has 2 heterocycles. The third kappa shape index (κ3) is 2.72. The van der Waals surface area contributed by atoms with Crippen molar-refractivity contribution in [2.75, 3.05) is 12.9 Å². The molecule has 1 fully saturated rings. The molecular weight excluding hydrogens is 248 g/mol. The molecule has 4 nitrogen and oxygen atoms in total. The Labute approximate surface area is 113 Å². The van der Waals surface area contributed by atoms with E-state index in [1.54, 1.807) is 11.8 Å². The van der Waals surface area contributed by atoms with Crippen LogP contribution in [0.1, 0.15) is 57.0 Å². The van der Waals surface area contributed by atoms with Crippen LogP contribution in [0.5, 0.6) is 0 Å². The Hall–Kier alpha value is -0.550. The Kier molecular flexibility index (Phi) is 4.02. The third-order valence-electron chi connectivity index (χ3n) is 3.44. The summed E-state index contributed by atoms with van der Waals surface area (Å²) in [6.07, 6.45) is 3.20. The first-order valence-electron chi connectivity index (χ1n) is 6.41. The molecule has 0 aromatic carbocycles. The number of thioether (sulfide) groups is 1. The molecule has 0 radical (unpaired) electrons. The molecule has 1 saturated heterocycles. The maximum Gasteiger partial charge on any atom is 0.239 e. The smallest absolute Gasteiger partial charge is 0.239 e. The summed E-state index contributed by atoms with van der Waals surface area (Å²) in [6.45, 7) is 9.45. The van der Waals surface area contributed by atoms with Crippen LogP contribution in [-0.4, -0.2) is 29.1 Å². The summed E-state index contributed by atoms with van der Waals surface area (Å²) in [4.78, 5) is 4.55. The van der Waals surface area contributed by atoms with E-state index in [4.69, 9.17) is 9.26 Å². The summed E-state index contributed by atoms with van der Waals surface area (Å²) in [5.41, 5.74) is 0.104. The van der Waals surface area contributed by atoms with Crippen LogP contribution in [0.15, 0.2) is 4.52 Å². The minimum Gasteiger partial charge on any atom is -0.377 e. The molecule has 18 heavy (non-hydrogen) atoms. The zero-order valence-electron chi connectivity index (χ0n) is 11.8. The molecule has 0 spiro atoms. The lowest BCUT2D eigenvalue weighted by Gasteiger charge is -2.29. The van der Waals surface area contributed by atoms with Crippen LogP contribution in [0.3, 0.4) is 0 Å². The first kappa shape index (κ1) is 13.9. The van der Waals surface area contributed by atoms with Crippen LogP contribution >= 0.6 is 11.8 Å². The van der Waals surface area contributed by atoms with E-state index in [1.807, 2.05) is 6.26 Å². The monoisotopic (exact) mass is 270 g/mol. The topological polar surface area (TPSA) is 48.2 Å². The summed E-state index contributed by atoms with van der Waals surface area (Å²) in [5.74, 6) is 1.79. The zero-order valence-corrected chi connectivity index (χ0v) is 12.6. The predicted octanol–water partition coefficient (Wildman–Crippen LogP) is 3.41. The van der Waals surface area contributed by atoms with Gasteiger partial charge in [0, 0.05) is 6.61 Å². The predicted molar refractivity (Wildman–Crippen MR) is 72.8 cm³/mol. The number of ether oxygens (including phenoxy) is 1. The van der Waals surface area contributed by atoms with Crippen molar-refractivity contribution in [1.29, 1.82) is 0 Å². The van der Waals surface area contributed by atoms with E-state index in [1.165, 1.54) is 0 Å². The van der Waals surface area contributed by atoms with Crippen LogP contribution < -0.4 is 0 Å². The van der Waals surface area contributed by atoms with Crippen molar-refractivity contribution in [3.8, 4) is 0 Å². The second-order valence-corrected chi connectivity index (χ2v) is 7.10. The molecule has 1 aromatic heterocycles. The lowest BCUT2D eigenvalue weighted by Crippen LogP contribution is -2.30. The van der Waals surface area contributed by atoms with E-state index in [-0.39, 0.29) is 22.7 Å². The molecule has 0 aliphatic carbocycles. The first-order valence-corrected chi connectivity index (χ1v) is 7.70. The van der Waals surface area contributed by atoms with Gasteiger partial charge in [0.15, 0.2) is 5.82 Å². The Balaban J connectivity index is 2.18. The van der Waals surface area contributed by atoms with Crippen molar-refractivity contribution in [1.82, 2.24) is 10.1 Å². The van der Waals surface area contributed by atoms with Gasteiger partial charge < -0.3 is 9.26 Å². The molecule has 0 saturated carbocycles. The minimum absolute atomic E-state index is 0.104. The SMILES string of the molecule is CS[C@@H](C)c1nc([C@H]2CCO[C@@H]2C(C)(C)C)no1. The fraction of sp³-hybridized carbons (Fsp3) is 0.846. The molecule has 5 heteroatoms. The number of hydrogen-bond donors (Lipinski definition) is 0. The molecule has 0 N–H and O–H groups in total. The van der Waals surface area contributed by atoms with Crippen molar-refractivity contribution in [2.45, 2.75) is 51.4 Å². The number of rotatable bonds is 3. The van der Waals surface area contributed by atoms with Gasteiger partial charge in [-0.05, 0) is 25.0 Å². The average Bonchev–Trinajstić information content (AvgIpc) is 2.94. The van der Waals surface area contributed by atoms with Gasteiger partial charge in [0.25, 0.3) is 0 Å². The second-order valence-electron chi connectivity index (χ2n) is 5.92. The lowest BCUT2D eigenvalue weighted by molar-refractivity contribution is 0.0193. The van der Waals surface area contributed by atoms with E-state index < -0.39 is 0 Å². The Morgan fingerprint density at radius 2 is 2.11 bits per heavy atom. The molecule has 1 aliphatic heterocycles. The van der Waals surface area contributed by atoms with Crippen molar-refractivity contribution in [3.05, 3.63) is 11.7 Å². The molecule has 1 aliphatic rings. The van der Waals surface area contributed by atoms with E-state index in [0.29, 0.717) is 0 Å². The Morgan fingerprint density at radius 1 is 1.39 bits per heavy atom. The maximum atomic E-state index is 5.85. The van der Waals surface area contributed by atoms with Gasteiger partial charge >= 0.3 is 0 Å². The van der Waals surface area contributed by atoms with Crippen molar-refractivity contribution in [3.63, 3.8) is 0 Å². The first-order chi connectivity index (χ1) is 8.43. The van der Waals surface area contributed by atoms with Gasteiger partial charge in [-0.15, -0.1) is 0 Å². The quantitative estimate of drug-likeness (QED) is 0.842. The lowest BCUT2D eigenvalue weighted by atomic mass is 9.81. The summed E-state index contributed by atoms with van der Waals surface area (Å²) in [7, 11) is 0. The third-order valence-corrected chi connectivity index (χ3v) is 4.34. The second kappa shape index (κ2) is 5.21. The van der Waals surface area contributed by atoms with Crippen LogP contribution in [0.25, 0.3) is 0 Å². The Morgan fingerprint density at radius 3 is 2.72 bits per heavy atom. The number of hydrogen-bond acceptors (Lipinski definition) is 5. The highest BCUT2D eigenvalue weighted by atomic mass is 32.2. The number of aromatic nitrogens is 2. The molecule has 3 atom stereocenters. The summed E-state index contributed by atoms with van der Waals surface area (Å²) in [6, 6.07) is 0. The van der Waals surface area contributed by atoms with Crippen LogP contribution in [0, 0.1) is 5.41 Å². The van der Waals surface area contributed by atoms with Gasteiger partial charge in [-0.2, -0.15) is 16.7 Å². The molecule has 0 unspecified atom stereocenters. The molecule has 2 rings (SSSR count). The van der Waals surface area contributed by atoms with Crippen molar-refractivity contribution >= 4 is 11.8 Å². The number of nitrogens with zero attached hydrogens (tertiary/aromatic N) is 2. The van der Waals surface area contributed by atoms with Gasteiger partial charge in [-0.25, -0.2) is 0 Å². The molecule has 102 valence electrons. The Bertz CT molecular complexity index is 400. The van der Waals surface area contributed by atoms with Crippen LogP contribution in [0.4, 0.5) is 0 Å². The molecular formula is C13H22N2O2S. The summed E-state index contributed by atoms with van der Waals surface area (Å²) in [5, 5.41) is 4.40. The molecule has 0 amide bonds. The normalized spacial score (nSPS) is 26.5. The highest BCUT2D eigenvalue weighted by Gasteiger charge is 2.40. The summed E-state index contributed by atoms with van der Waals surface area (Å²) >= 11 is 1.71. The van der Waals surface area contributed by atoms with Gasteiger partial charge in [0.1, 0.15) is 0 Å². The van der Waals surface area contributed by atoms with Gasteiger partial charge in [-0.1, -0.05) is 25.9 Å². The van der Waals surface area contributed by atoms with Crippen LogP contribution in [-0.2, 0) is 4.74 Å². The largest absolute Gasteiger partial charge is 0.377 e. The molecule has 1 aromatic rings. The van der Waals surface area contributed by atoms with E-state index in [2.05, 4.69) is 37.8 Å².